The molecule has 0 aromatic carbocycles. The van der Waals surface area contributed by atoms with Crippen molar-refractivity contribution < 1.29 is 24.8 Å². The van der Waals surface area contributed by atoms with Crippen molar-refractivity contribution in [3.63, 3.8) is 0 Å². The molecular weight excluding hydrogens is 344 g/mol. The van der Waals surface area contributed by atoms with Crippen LogP contribution in [-0.4, -0.2) is 34.1 Å². The van der Waals surface area contributed by atoms with Crippen molar-refractivity contribution in [3.05, 3.63) is 23.8 Å². The fourth-order valence-electron chi connectivity index (χ4n) is 4.79. The Kier molecular flexibility index (Phi) is 6.93. The number of rotatable bonds is 6. The first-order valence-corrected chi connectivity index (χ1v) is 10.0. The van der Waals surface area contributed by atoms with Crippen molar-refractivity contribution in [1.29, 1.82) is 0 Å². The summed E-state index contributed by atoms with van der Waals surface area (Å²) in [4.78, 5) is 16.0. The molecule has 0 aromatic rings. The lowest BCUT2D eigenvalue weighted by Crippen LogP contribution is -2.37. The van der Waals surface area contributed by atoms with E-state index in [2.05, 4.69) is 25.3 Å². The molecule has 6 atom stereocenters. The number of carbonyl (C=O) groups is 1. The molecule has 0 unspecified atom stereocenters. The van der Waals surface area contributed by atoms with Gasteiger partial charge in [0.15, 0.2) is 0 Å². The molecule has 0 aliphatic heterocycles. The number of allylic oxidation sites excluding steroid dienone is 1. The van der Waals surface area contributed by atoms with E-state index in [9.17, 15) is 9.90 Å². The molecule has 0 aromatic heterocycles. The van der Waals surface area contributed by atoms with E-state index >= 15 is 0 Å². The van der Waals surface area contributed by atoms with Crippen LogP contribution in [0.5, 0.6) is 0 Å². The molecule has 2 rings (SSSR count). The van der Waals surface area contributed by atoms with Crippen LogP contribution in [0.15, 0.2) is 23.8 Å². The Morgan fingerprint density at radius 3 is 2.59 bits per heavy atom. The van der Waals surface area contributed by atoms with E-state index < -0.39 is 5.60 Å². The van der Waals surface area contributed by atoms with Crippen LogP contribution in [0.4, 0.5) is 0 Å². The fourth-order valence-corrected chi connectivity index (χ4v) is 4.79. The second-order valence-electron chi connectivity index (χ2n) is 9.30. The van der Waals surface area contributed by atoms with Gasteiger partial charge in [0.1, 0.15) is 12.2 Å². The Morgan fingerprint density at radius 2 is 2.04 bits per heavy atom. The maximum absolute atomic E-state index is 11.4. The highest BCUT2D eigenvalue weighted by molar-refractivity contribution is 5.66. The predicted molar refractivity (Wildman–Crippen MR) is 105 cm³/mol. The number of esters is 1. The van der Waals surface area contributed by atoms with Crippen LogP contribution in [0.1, 0.15) is 73.1 Å². The Hall–Kier alpha value is -1.17. The zero-order chi connectivity index (χ0) is 20.4. The van der Waals surface area contributed by atoms with Crippen LogP contribution < -0.4 is 0 Å². The Balaban J connectivity index is 2.20. The van der Waals surface area contributed by atoms with Crippen molar-refractivity contribution >= 4 is 5.97 Å². The van der Waals surface area contributed by atoms with Gasteiger partial charge in [0.2, 0.25) is 0 Å². The zero-order valence-electron chi connectivity index (χ0n) is 17.5. The maximum atomic E-state index is 11.4. The fraction of sp³-hybridized carbons (Fsp3) is 0.773. The number of hydrogen-bond donors (Lipinski definition) is 2. The summed E-state index contributed by atoms with van der Waals surface area (Å²) in [6.07, 6.45) is 6.22. The van der Waals surface area contributed by atoms with E-state index in [0.717, 1.165) is 31.3 Å². The number of ether oxygens (including phenoxy) is 1. The van der Waals surface area contributed by atoms with Gasteiger partial charge in [-0.05, 0) is 81.8 Å². The second-order valence-corrected chi connectivity index (χ2v) is 9.30. The standard InChI is InChI=1S/C22H36O5/c1-14(2)20(27-25)8-10-21(5)9-7-15(3)11-17(26-16(4)23)13-22(6,24)19-12-18(19)21/h11,17-20,24-25H,1,7-10,12-13H2,2-6H3/b15-11+/t17-,18+,19+,20+,21-,22+/m1/s1. The van der Waals surface area contributed by atoms with Gasteiger partial charge >= 0.3 is 5.97 Å². The minimum Gasteiger partial charge on any atom is -0.458 e. The molecule has 0 heterocycles. The Bertz CT molecular complexity index is 594. The van der Waals surface area contributed by atoms with Gasteiger partial charge in [0, 0.05) is 13.3 Å². The van der Waals surface area contributed by atoms with Crippen molar-refractivity contribution in [2.24, 2.45) is 17.3 Å². The molecular formula is C22H36O5. The maximum Gasteiger partial charge on any atom is 0.303 e. The van der Waals surface area contributed by atoms with Crippen molar-refractivity contribution in [2.75, 3.05) is 0 Å². The number of fused-ring (bicyclic) bond motifs is 1. The minimum atomic E-state index is -0.874. The quantitative estimate of drug-likeness (QED) is 0.303. The van der Waals surface area contributed by atoms with Crippen molar-refractivity contribution in [3.8, 4) is 0 Å². The van der Waals surface area contributed by atoms with Crippen molar-refractivity contribution in [1.82, 2.24) is 0 Å². The summed E-state index contributed by atoms with van der Waals surface area (Å²) in [5.41, 5.74) is 1.18. The first kappa shape index (κ1) is 22.1. The van der Waals surface area contributed by atoms with Crippen LogP contribution >= 0.6 is 0 Å². The lowest BCUT2D eigenvalue weighted by Gasteiger charge is -2.36. The molecule has 0 bridgehead atoms. The average Bonchev–Trinajstić information content (AvgIpc) is 3.33. The molecule has 0 radical (unpaired) electrons. The van der Waals surface area contributed by atoms with E-state index in [1.165, 1.54) is 12.5 Å². The molecule has 0 spiro atoms. The second kappa shape index (κ2) is 8.46. The minimum absolute atomic E-state index is 0.0598. The first-order valence-electron chi connectivity index (χ1n) is 10.0. The van der Waals surface area contributed by atoms with E-state index in [1.54, 1.807) is 0 Å². The van der Waals surface area contributed by atoms with Gasteiger partial charge in [-0.1, -0.05) is 19.1 Å². The molecule has 27 heavy (non-hydrogen) atoms. The molecule has 0 amide bonds. The highest BCUT2D eigenvalue weighted by Gasteiger charge is 2.57. The lowest BCUT2D eigenvalue weighted by molar-refractivity contribution is -0.270. The average molecular weight is 381 g/mol. The number of aliphatic hydroxyl groups is 1. The zero-order valence-corrected chi connectivity index (χ0v) is 17.5. The largest absolute Gasteiger partial charge is 0.458 e. The van der Waals surface area contributed by atoms with Gasteiger partial charge in [0.05, 0.1) is 5.60 Å². The molecule has 0 saturated heterocycles. The van der Waals surface area contributed by atoms with Crippen LogP contribution in [-0.2, 0) is 14.4 Å². The smallest absolute Gasteiger partial charge is 0.303 e. The van der Waals surface area contributed by atoms with Gasteiger partial charge in [-0.25, -0.2) is 4.89 Å². The normalized spacial score (nSPS) is 39.5. The molecule has 2 aliphatic carbocycles. The van der Waals surface area contributed by atoms with E-state index in [4.69, 9.17) is 9.99 Å². The Morgan fingerprint density at radius 1 is 1.37 bits per heavy atom. The highest BCUT2D eigenvalue weighted by Crippen LogP contribution is 2.60. The van der Waals surface area contributed by atoms with E-state index in [0.29, 0.717) is 18.8 Å². The SMILES string of the molecule is C=C(C)[C@H](CC[C@@]1(C)CC/C(C)=C/[C@@H](OC(C)=O)C[C@](C)(O)[C@H]2C[C@@H]21)OO. The lowest BCUT2D eigenvalue weighted by atomic mass is 9.72. The third kappa shape index (κ3) is 5.66. The molecule has 2 aliphatic rings. The first-order chi connectivity index (χ1) is 12.5. The van der Waals surface area contributed by atoms with Crippen LogP contribution in [0.25, 0.3) is 0 Å². The summed E-state index contributed by atoms with van der Waals surface area (Å²) < 4.78 is 5.44. The topological polar surface area (TPSA) is 76.0 Å². The number of hydrogen-bond acceptors (Lipinski definition) is 5. The van der Waals surface area contributed by atoms with E-state index in [1.807, 2.05) is 19.9 Å². The van der Waals surface area contributed by atoms with Gasteiger partial charge in [0.25, 0.3) is 0 Å². The molecule has 1 saturated carbocycles. The van der Waals surface area contributed by atoms with Crippen LogP contribution in [0.3, 0.4) is 0 Å². The summed E-state index contributed by atoms with van der Waals surface area (Å²) in [5.74, 6) is 0.301. The van der Waals surface area contributed by atoms with Gasteiger partial charge in [-0.3, -0.25) is 10.1 Å². The number of carbonyl (C=O) groups excluding carboxylic acids is 1. The molecule has 2 N–H and O–H groups in total. The molecule has 1 fully saturated rings. The summed E-state index contributed by atoms with van der Waals surface area (Å²) in [7, 11) is 0. The van der Waals surface area contributed by atoms with E-state index in [-0.39, 0.29) is 29.5 Å². The predicted octanol–water partition coefficient (Wildman–Crippen LogP) is 4.66. The summed E-state index contributed by atoms with van der Waals surface area (Å²) in [6.45, 7) is 13.4. The summed E-state index contributed by atoms with van der Waals surface area (Å²) in [5, 5.41) is 20.3. The van der Waals surface area contributed by atoms with Crippen molar-refractivity contribution in [2.45, 2.75) is 91.0 Å². The van der Waals surface area contributed by atoms with Gasteiger partial charge < -0.3 is 9.84 Å². The highest BCUT2D eigenvalue weighted by atomic mass is 17.1. The molecule has 154 valence electrons. The van der Waals surface area contributed by atoms with Gasteiger partial charge in [-0.15, -0.1) is 0 Å². The van der Waals surface area contributed by atoms with Crippen LogP contribution in [0, 0.1) is 17.3 Å². The van der Waals surface area contributed by atoms with Gasteiger partial charge in [-0.2, -0.15) is 0 Å². The van der Waals surface area contributed by atoms with Crippen LogP contribution in [0.2, 0.25) is 0 Å². The Labute approximate surface area is 163 Å². The summed E-state index contributed by atoms with van der Waals surface area (Å²) in [6, 6.07) is 0. The molecule has 5 heteroatoms. The monoisotopic (exact) mass is 380 g/mol. The summed E-state index contributed by atoms with van der Waals surface area (Å²) >= 11 is 0. The third-order valence-electron chi connectivity index (χ3n) is 6.63. The molecule has 5 nitrogen and oxygen atoms in total. The third-order valence-corrected chi connectivity index (χ3v) is 6.63.